The Morgan fingerprint density at radius 1 is 0.415 bits per heavy atom. The third-order valence-corrected chi connectivity index (χ3v) is 13.5. The molecule has 0 fully saturated rings. The van der Waals surface area contributed by atoms with Crippen molar-refractivity contribution >= 4 is 11.9 Å². The lowest BCUT2D eigenvalue weighted by atomic mass is 10.0. The SMILES string of the molecule is CCCCC/C=C\CCCCCCCC(=O)OCCCCCCCCCCCCCCCCCCCCCCCCCCCCC(=O)NC(CO)C(O)/C=C/CCCCCCCCCC. The Hall–Kier alpha value is -1.66. The summed E-state index contributed by atoms with van der Waals surface area (Å²) >= 11 is 0. The Kier molecular flexibility index (Phi) is 53.5. The quantitative estimate of drug-likeness (QED) is 0.0321. The van der Waals surface area contributed by atoms with Gasteiger partial charge in [-0.15, -0.1) is 0 Å². The number of rotatable bonds is 54. The summed E-state index contributed by atoms with van der Waals surface area (Å²) in [7, 11) is 0. The van der Waals surface area contributed by atoms with Crippen molar-refractivity contribution in [1.29, 1.82) is 0 Å². The van der Waals surface area contributed by atoms with Crippen LogP contribution in [-0.4, -0.2) is 47.4 Å². The van der Waals surface area contributed by atoms with Crippen LogP contribution in [0.25, 0.3) is 0 Å². The van der Waals surface area contributed by atoms with Gasteiger partial charge in [-0.05, 0) is 57.8 Å². The van der Waals surface area contributed by atoms with E-state index in [0.29, 0.717) is 19.4 Å². The van der Waals surface area contributed by atoms with E-state index in [1.807, 2.05) is 6.08 Å². The molecule has 2 atom stereocenters. The molecule has 0 bridgehead atoms. The number of hydrogen-bond donors (Lipinski definition) is 3. The molecule has 0 rings (SSSR count). The molecule has 384 valence electrons. The number of esters is 1. The van der Waals surface area contributed by atoms with Crippen LogP contribution in [0.2, 0.25) is 0 Å². The van der Waals surface area contributed by atoms with Crippen LogP contribution in [0.3, 0.4) is 0 Å². The monoisotopic (exact) mass is 916 g/mol. The number of nitrogens with one attached hydrogen (secondary N) is 1. The summed E-state index contributed by atoms with van der Waals surface area (Å²) in [5.41, 5.74) is 0. The van der Waals surface area contributed by atoms with Gasteiger partial charge in [0.05, 0.1) is 25.4 Å². The van der Waals surface area contributed by atoms with Crippen LogP contribution in [0.15, 0.2) is 24.3 Å². The number of carbonyl (C=O) groups is 2. The number of hydrogen-bond acceptors (Lipinski definition) is 5. The summed E-state index contributed by atoms with van der Waals surface area (Å²) < 4.78 is 5.46. The van der Waals surface area contributed by atoms with E-state index in [2.05, 4.69) is 31.3 Å². The number of aliphatic hydroxyl groups is 2. The Bertz CT molecular complexity index is 1010. The Morgan fingerprint density at radius 2 is 0.723 bits per heavy atom. The van der Waals surface area contributed by atoms with Crippen molar-refractivity contribution in [3.05, 3.63) is 24.3 Å². The second kappa shape index (κ2) is 54.9. The van der Waals surface area contributed by atoms with E-state index in [1.165, 1.54) is 244 Å². The zero-order chi connectivity index (χ0) is 47.2. The van der Waals surface area contributed by atoms with Crippen molar-refractivity contribution in [2.24, 2.45) is 0 Å². The molecule has 2 unspecified atom stereocenters. The van der Waals surface area contributed by atoms with Crippen molar-refractivity contribution in [2.75, 3.05) is 13.2 Å². The number of carbonyl (C=O) groups excluding carboxylic acids is 2. The lowest BCUT2D eigenvalue weighted by Gasteiger charge is -2.20. The molecule has 0 heterocycles. The van der Waals surface area contributed by atoms with Crippen molar-refractivity contribution in [3.63, 3.8) is 0 Å². The van der Waals surface area contributed by atoms with Crippen LogP contribution in [-0.2, 0) is 14.3 Å². The topological polar surface area (TPSA) is 95.9 Å². The molecule has 0 radical (unpaired) electrons. The maximum absolute atomic E-state index is 12.4. The van der Waals surface area contributed by atoms with Crippen molar-refractivity contribution in [3.8, 4) is 0 Å². The number of ether oxygens (including phenoxy) is 1. The fourth-order valence-corrected chi connectivity index (χ4v) is 8.98. The van der Waals surface area contributed by atoms with Gasteiger partial charge in [0, 0.05) is 12.8 Å². The molecule has 1 amide bonds. The van der Waals surface area contributed by atoms with Gasteiger partial charge in [-0.25, -0.2) is 0 Å². The number of unbranched alkanes of at least 4 members (excludes halogenated alkanes) is 41. The molecule has 0 saturated heterocycles. The van der Waals surface area contributed by atoms with Gasteiger partial charge in [0.15, 0.2) is 0 Å². The van der Waals surface area contributed by atoms with Crippen molar-refractivity contribution in [2.45, 2.75) is 328 Å². The van der Waals surface area contributed by atoms with E-state index < -0.39 is 12.1 Å². The molecule has 3 N–H and O–H groups in total. The number of allylic oxidation sites excluding steroid dienone is 3. The predicted octanol–water partition coefficient (Wildman–Crippen LogP) is 17.9. The highest BCUT2D eigenvalue weighted by Gasteiger charge is 2.18. The molecule has 0 spiro atoms. The Balaban J connectivity index is 3.34. The lowest BCUT2D eigenvalue weighted by molar-refractivity contribution is -0.143. The first-order chi connectivity index (χ1) is 32.0. The fourth-order valence-electron chi connectivity index (χ4n) is 8.98. The first-order valence-corrected chi connectivity index (χ1v) is 29.1. The van der Waals surface area contributed by atoms with Crippen LogP contribution in [0.4, 0.5) is 0 Å². The minimum Gasteiger partial charge on any atom is -0.466 e. The van der Waals surface area contributed by atoms with E-state index in [0.717, 1.165) is 44.9 Å². The van der Waals surface area contributed by atoms with Gasteiger partial charge in [0.1, 0.15) is 0 Å². The average Bonchev–Trinajstić information content (AvgIpc) is 3.31. The lowest BCUT2D eigenvalue weighted by Crippen LogP contribution is -2.45. The first-order valence-electron chi connectivity index (χ1n) is 29.1. The second-order valence-corrected chi connectivity index (χ2v) is 20.0. The minimum absolute atomic E-state index is 0.00656. The van der Waals surface area contributed by atoms with E-state index in [1.54, 1.807) is 6.08 Å². The summed E-state index contributed by atoms with van der Waals surface area (Å²) in [6.07, 6.45) is 66.5. The van der Waals surface area contributed by atoms with Crippen LogP contribution >= 0.6 is 0 Å². The van der Waals surface area contributed by atoms with Gasteiger partial charge >= 0.3 is 5.97 Å². The average molecular weight is 917 g/mol. The summed E-state index contributed by atoms with van der Waals surface area (Å²) in [6, 6.07) is -0.624. The normalized spacial score (nSPS) is 12.7. The van der Waals surface area contributed by atoms with E-state index in [9.17, 15) is 19.8 Å². The summed E-state index contributed by atoms with van der Waals surface area (Å²) in [4.78, 5) is 24.4. The third kappa shape index (κ3) is 51.6. The Labute approximate surface area is 405 Å². The maximum Gasteiger partial charge on any atom is 0.305 e. The molecular formula is C59H113NO5. The number of amides is 1. The van der Waals surface area contributed by atoms with Gasteiger partial charge in [-0.2, -0.15) is 0 Å². The fraction of sp³-hybridized carbons (Fsp3) is 0.898. The highest BCUT2D eigenvalue weighted by Crippen LogP contribution is 2.17. The molecule has 0 aromatic heterocycles. The summed E-state index contributed by atoms with van der Waals surface area (Å²) in [5, 5.41) is 23.0. The van der Waals surface area contributed by atoms with Crippen LogP contribution in [0, 0.1) is 0 Å². The maximum atomic E-state index is 12.4. The highest BCUT2D eigenvalue weighted by atomic mass is 16.5. The molecule has 65 heavy (non-hydrogen) atoms. The molecule has 6 nitrogen and oxygen atoms in total. The van der Waals surface area contributed by atoms with Crippen molar-refractivity contribution < 1.29 is 24.5 Å². The highest BCUT2D eigenvalue weighted by molar-refractivity contribution is 5.76. The third-order valence-electron chi connectivity index (χ3n) is 13.5. The molecule has 0 aliphatic carbocycles. The van der Waals surface area contributed by atoms with Crippen LogP contribution in [0.1, 0.15) is 316 Å². The molecule has 0 saturated carbocycles. The standard InChI is InChI=1S/C59H113NO5/c1-3-5-7-9-11-13-15-33-37-41-45-49-53-59(64)65-54-50-46-42-38-34-31-29-27-25-23-21-19-17-16-18-20-22-24-26-28-30-32-36-40-44-48-52-58(63)60-56(55-61)57(62)51-47-43-39-35-14-12-10-8-6-4-2/h11,13,47,51,56-57,61-62H,3-10,12,14-46,48-50,52-55H2,1-2H3,(H,60,63)/b13-11-,51-47+. The van der Waals surface area contributed by atoms with Gasteiger partial charge in [0.25, 0.3) is 0 Å². The Morgan fingerprint density at radius 3 is 1.12 bits per heavy atom. The zero-order valence-electron chi connectivity index (χ0n) is 43.7. The van der Waals surface area contributed by atoms with E-state index in [4.69, 9.17) is 4.74 Å². The molecule has 6 heteroatoms. The van der Waals surface area contributed by atoms with Gasteiger partial charge in [-0.1, -0.05) is 269 Å². The molecule has 0 aromatic carbocycles. The van der Waals surface area contributed by atoms with E-state index >= 15 is 0 Å². The predicted molar refractivity (Wildman–Crippen MR) is 283 cm³/mol. The molecule has 0 aromatic rings. The first kappa shape index (κ1) is 63.3. The van der Waals surface area contributed by atoms with Crippen LogP contribution in [0.5, 0.6) is 0 Å². The largest absolute Gasteiger partial charge is 0.466 e. The van der Waals surface area contributed by atoms with Gasteiger partial charge < -0.3 is 20.3 Å². The van der Waals surface area contributed by atoms with Crippen LogP contribution < -0.4 is 5.32 Å². The van der Waals surface area contributed by atoms with E-state index in [-0.39, 0.29) is 18.5 Å². The van der Waals surface area contributed by atoms with Gasteiger partial charge in [0.2, 0.25) is 5.91 Å². The summed E-state index contributed by atoms with van der Waals surface area (Å²) in [6.45, 7) is 4.87. The summed E-state index contributed by atoms with van der Waals surface area (Å²) in [5.74, 6) is -0.0605. The van der Waals surface area contributed by atoms with Gasteiger partial charge in [-0.3, -0.25) is 9.59 Å². The number of aliphatic hydroxyl groups excluding tert-OH is 2. The minimum atomic E-state index is -0.840. The molecular weight excluding hydrogens is 803 g/mol. The zero-order valence-corrected chi connectivity index (χ0v) is 43.7. The molecule has 0 aliphatic heterocycles. The smallest absolute Gasteiger partial charge is 0.305 e. The van der Waals surface area contributed by atoms with Crippen molar-refractivity contribution in [1.82, 2.24) is 5.32 Å². The molecule has 0 aliphatic rings. The second-order valence-electron chi connectivity index (χ2n) is 20.0.